The number of fused-ring (bicyclic) bond motifs is 2. The first-order valence-corrected chi connectivity index (χ1v) is 14.8. The van der Waals surface area contributed by atoms with Crippen molar-refractivity contribution in [3.63, 3.8) is 0 Å². The number of nitrogens with one attached hydrogen (secondary N) is 2. The van der Waals surface area contributed by atoms with Crippen LogP contribution in [0, 0.1) is 13.8 Å². The summed E-state index contributed by atoms with van der Waals surface area (Å²) in [5.41, 5.74) is 15.0. The van der Waals surface area contributed by atoms with Crippen molar-refractivity contribution in [3.05, 3.63) is 60.0 Å². The van der Waals surface area contributed by atoms with Gasteiger partial charge in [0.25, 0.3) is 0 Å². The van der Waals surface area contributed by atoms with Gasteiger partial charge in [0, 0.05) is 55.7 Å². The summed E-state index contributed by atoms with van der Waals surface area (Å²) in [7, 11) is 2.22. The van der Waals surface area contributed by atoms with Crippen LogP contribution in [-0.2, 0) is 0 Å². The highest BCUT2D eigenvalue weighted by Gasteiger charge is 2.30. The van der Waals surface area contributed by atoms with Gasteiger partial charge in [-0.05, 0) is 87.5 Å². The third-order valence-electron chi connectivity index (χ3n) is 9.31. The Kier molecular flexibility index (Phi) is 6.63. The second kappa shape index (κ2) is 10.5. The Labute approximate surface area is 240 Å². The Bertz CT molecular complexity index is 1650. The summed E-state index contributed by atoms with van der Waals surface area (Å²) in [6.45, 7) is 8.96. The van der Waals surface area contributed by atoms with Gasteiger partial charge >= 0.3 is 0 Å². The van der Waals surface area contributed by atoms with Crippen molar-refractivity contribution in [1.29, 1.82) is 0 Å². The van der Waals surface area contributed by atoms with Crippen LogP contribution in [0.1, 0.15) is 42.9 Å². The van der Waals surface area contributed by atoms with Gasteiger partial charge in [0.2, 0.25) is 5.95 Å². The standard InChI is InChI=1S/C32H39N9/c1-20-16-27-28(17-21(20)2)38-32(37-27)36-23-6-4-22(5-7-23)26-18-41(31-29(26)30(33)34-19-35-31)25-10-8-24(9-11-25)40-14-12-39(3)13-15-40/h4-7,16-19,24-25H,8-15H2,1-3H3,(H2,33,34,35)(H2,36,37,38)/t24-,25+. The van der Waals surface area contributed by atoms with E-state index in [0.717, 1.165) is 57.7 Å². The van der Waals surface area contributed by atoms with Crippen LogP contribution in [0.5, 0.6) is 0 Å². The molecule has 2 aromatic carbocycles. The molecule has 2 fully saturated rings. The van der Waals surface area contributed by atoms with Crippen molar-refractivity contribution in [2.24, 2.45) is 0 Å². The Morgan fingerprint density at radius 2 is 1.61 bits per heavy atom. The number of nitrogens with two attached hydrogens (primary N) is 1. The molecule has 4 N–H and O–H groups in total. The second-order valence-electron chi connectivity index (χ2n) is 12.0. The highest BCUT2D eigenvalue weighted by atomic mass is 15.3. The number of H-pyrrole nitrogens is 1. The summed E-state index contributed by atoms with van der Waals surface area (Å²) in [6, 6.07) is 13.8. The summed E-state index contributed by atoms with van der Waals surface area (Å²) in [4.78, 5) is 22.3. The molecular weight excluding hydrogens is 510 g/mol. The lowest BCUT2D eigenvalue weighted by atomic mass is 9.89. The first-order chi connectivity index (χ1) is 19.9. The average Bonchev–Trinajstić information content (AvgIpc) is 3.56. The number of benzene rings is 2. The molecule has 1 saturated carbocycles. The SMILES string of the molecule is Cc1cc2nc(Nc3ccc(-c4cn([C@H]5CC[C@@H](N6CCN(C)CC6)CC5)c5ncnc(N)c45)cc3)[nH]c2cc1C. The average molecular weight is 550 g/mol. The molecule has 0 spiro atoms. The number of likely N-dealkylation sites (N-methyl/N-ethyl adjacent to an activating group) is 1. The van der Waals surface area contributed by atoms with Crippen molar-refractivity contribution in [3.8, 4) is 11.1 Å². The zero-order valence-electron chi connectivity index (χ0n) is 24.2. The molecule has 0 amide bonds. The Hall–Kier alpha value is -3.95. The lowest BCUT2D eigenvalue weighted by Crippen LogP contribution is -2.49. The maximum Gasteiger partial charge on any atom is 0.205 e. The van der Waals surface area contributed by atoms with Gasteiger partial charge in [-0.2, -0.15) is 0 Å². The fourth-order valence-corrected chi connectivity index (χ4v) is 6.69. The predicted octanol–water partition coefficient (Wildman–Crippen LogP) is 5.65. The molecular formula is C32H39N9. The molecule has 0 bridgehead atoms. The van der Waals surface area contributed by atoms with Gasteiger partial charge < -0.3 is 25.5 Å². The molecule has 3 aromatic heterocycles. The van der Waals surface area contributed by atoms with Crippen molar-refractivity contribution in [2.75, 3.05) is 44.3 Å². The first kappa shape index (κ1) is 26.0. The quantitative estimate of drug-likeness (QED) is 0.260. The van der Waals surface area contributed by atoms with Crippen LogP contribution in [0.4, 0.5) is 17.5 Å². The topological polar surface area (TPSA) is 104 Å². The number of aromatic amines is 1. The first-order valence-electron chi connectivity index (χ1n) is 14.8. The maximum atomic E-state index is 6.46. The molecule has 7 rings (SSSR count). The highest BCUT2D eigenvalue weighted by Crippen LogP contribution is 2.39. The van der Waals surface area contributed by atoms with Crippen molar-refractivity contribution in [1.82, 2.24) is 34.3 Å². The normalized spacial score (nSPS) is 20.7. The van der Waals surface area contributed by atoms with Crippen molar-refractivity contribution in [2.45, 2.75) is 51.6 Å². The smallest absolute Gasteiger partial charge is 0.205 e. The number of piperazine rings is 1. The predicted molar refractivity (Wildman–Crippen MR) is 167 cm³/mol. The number of anilines is 3. The van der Waals surface area contributed by atoms with Crippen molar-refractivity contribution < 1.29 is 0 Å². The zero-order chi connectivity index (χ0) is 28.1. The number of imidazole rings is 1. The van der Waals surface area contributed by atoms with E-state index in [-0.39, 0.29) is 0 Å². The molecule has 41 heavy (non-hydrogen) atoms. The molecule has 1 aliphatic carbocycles. The van der Waals surface area contributed by atoms with Gasteiger partial charge in [-0.15, -0.1) is 0 Å². The third-order valence-corrected chi connectivity index (χ3v) is 9.31. The minimum Gasteiger partial charge on any atom is -0.383 e. The molecule has 212 valence electrons. The van der Waals surface area contributed by atoms with Crippen LogP contribution in [0.3, 0.4) is 0 Å². The zero-order valence-corrected chi connectivity index (χ0v) is 24.2. The summed E-state index contributed by atoms with van der Waals surface area (Å²) >= 11 is 0. The van der Waals surface area contributed by atoms with E-state index in [0.29, 0.717) is 17.9 Å². The van der Waals surface area contributed by atoms with E-state index in [1.165, 1.54) is 50.1 Å². The Morgan fingerprint density at radius 1 is 0.902 bits per heavy atom. The number of nitrogens with zero attached hydrogens (tertiary/aromatic N) is 6. The van der Waals surface area contributed by atoms with Gasteiger partial charge in [0.15, 0.2) is 0 Å². The van der Waals surface area contributed by atoms with E-state index in [2.05, 4.69) is 93.1 Å². The van der Waals surface area contributed by atoms with Crippen LogP contribution in [0.2, 0.25) is 0 Å². The van der Waals surface area contributed by atoms with E-state index < -0.39 is 0 Å². The number of aryl methyl sites for hydroxylation is 2. The van der Waals surface area contributed by atoms with Gasteiger partial charge in [-0.1, -0.05) is 12.1 Å². The van der Waals surface area contributed by atoms with Gasteiger partial charge in [0.05, 0.1) is 16.4 Å². The summed E-state index contributed by atoms with van der Waals surface area (Å²) < 4.78 is 2.37. The van der Waals surface area contributed by atoms with Gasteiger partial charge in [0.1, 0.15) is 17.8 Å². The van der Waals surface area contributed by atoms with E-state index in [4.69, 9.17) is 15.7 Å². The van der Waals surface area contributed by atoms with Crippen LogP contribution < -0.4 is 11.1 Å². The van der Waals surface area contributed by atoms with E-state index in [1.54, 1.807) is 6.33 Å². The number of rotatable bonds is 5. The van der Waals surface area contributed by atoms with E-state index in [9.17, 15) is 0 Å². The van der Waals surface area contributed by atoms with E-state index in [1.807, 2.05) is 0 Å². The lowest BCUT2D eigenvalue weighted by molar-refractivity contribution is 0.0828. The largest absolute Gasteiger partial charge is 0.383 e. The Morgan fingerprint density at radius 3 is 2.37 bits per heavy atom. The molecule has 2 aliphatic rings. The molecule has 1 saturated heterocycles. The number of aromatic nitrogens is 5. The molecule has 0 radical (unpaired) electrons. The molecule has 4 heterocycles. The fraction of sp³-hybridized carbons (Fsp3) is 0.406. The number of hydrogen-bond donors (Lipinski definition) is 3. The highest BCUT2D eigenvalue weighted by molar-refractivity contribution is 6.00. The number of hydrogen-bond acceptors (Lipinski definition) is 7. The lowest BCUT2D eigenvalue weighted by Gasteiger charge is -2.41. The minimum absolute atomic E-state index is 0.422. The molecule has 9 nitrogen and oxygen atoms in total. The van der Waals surface area contributed by atoms with Crippen LogP contribution >= 0.6 is 0 Å². The minimum atomic E-state index is 0.422. The third kappa shape index (κ3) is 4.93. The molecule has 5 aromatic rings. The van der Waals surface area contributed by atoms with Crippen LogP contribution in [-0.4, -0.2) is 73.6 Å². The van der Waals surface area contributed by atoms with Crippen LogP contribution in [0.15, 0.2) is 48.9 Å². The molecule has 9 heteroatoms. The summed E-state index contributed by atoms with van der Waals surface area (Å²) in [6.07, 6.45) is 8.61. The molecule has 1 aliphatic heterocycles. The molecule has 0 unspecified atom stereocenters. The Balaban J connectivity index is 1.12. The van der Waals surface area contributed by atoms with Crippen molar-refractivity contribution >= 4 is 39.5 Å². The molecule has 0 atom stereocenters. The van der Waals surface area contributed by atoms with Gasteiger partial charge in [-0.3, -0.25) is 4.90 Å². The van der Waals surface area contributed by atoms with Gasteiger partial charge in [-0.25, -0.2) is 15.0 Å². The summed E-state index contributed by atoms with van der Waals surface area (Å²) in [5.74, 6) is 1.27. The second-order valence-corrected chi connectivity index (χ2v) is 12.0. The fourth-order valence-electron chi connectivity index (χ4n) is 6.69. The van der Waals surface area contributed by atoms with E-state index >= 15 is 0 Å². The van der Waals surface area contributed by atoms with Crippen LogP contribution in [0.25, 0.3) is 33.2 Å². The maximum absolute atomic E-state index is 6.46. The monoisotopic (exact) mass is 549 g/mol. The summed E-state index contributed by atoms with van der Waals surface area (Å²) in [5, 5.41) is 4.36. The number of nitrogen functional groups attached to an aromatic ring is 1.